The van der Waals surface area contributed by atoms with Gasteiger partial charge in [0.2, 0.25) is 0 Å². The van der Waals surface area contributed by atoms with Gasteiger partial charge in [0.15, 0.2) is 28.2 Å². The van der Waals surface area contributed by atoms with E-state index in [1.165, 1.54) is 4.70 Å². The Bertz CT molecular complexity index is 1230. The maximum atomic E-state index is 6.11. The van der Waals surface area contributed by atoms with Crippen molar-refractivity contribution in [1.29, 1.82) is 0 Å². The number of benzene rings is 2. The van der Waals surface area contributed by atoms with Crippen LogP contribution in [0.2, 0.25) is 0 Å². The molecule has 0 bridgehead atoms. The van der Waals surface area contributed by atoms with E-state index in [-0.39, 0.29) is 6.10 Å². The largest absolute Gasteiger partial charge is 0.485 e. The first kappa shape index (κ1) is 19.2. The van der Waals surface area contributed by atoms with Crippen molar-refractivity contribution in [3.05, 3.63) is 64.1 Å². The fraction of sp³-hybridized carbons (Fsp3) is 0.286. The molecule has 0 radical (unpaired) electrons. The number of rotatable bonds is 5. The summed E-state index contributed by atoms with van der Waals surface area (Å²) in [6.45, 7) is 1.69. The summed E-state index contributed by atoms with van der Waals surface area (Å²) >= 11 is 7.34. The molecule has 0 amide bonds. The minimum Gasteiger partial charge on any atom is -0.485 e. The molecule has 1 unspecified atom stereocenters. The zero-order valence-corrected chi connectivity index (χ0v) is 18.3. The lowest BCUT2D eigenvalue weighted by Crippen LogP contribution is -2.25. The molecule has 4 aromatic rings. The van der Waals surface area contributed by atoms with Crippen LogP contribution < -0.4 is 9.47 Å². The van der Waals surface area contributed by atoms with Crippen molar-refractivity contribution in [2.24, 2.45) is 7.05 Å². The van der Waals surface area contributed by atoms with Gasteiger partial charge in [-0.2, -0.15) is 5.10 Å². The number of fused-ring (bicyclic) bond motifs is 2. The molecule has 5 rings (SSSR count). The molecule has 0 fully saturated rings. The maximum Gasteiger partial charge on any atom is 0.198 e. The molecular formula is C21H21N5O2S2. The van der Waals surface area contributed by atoms with Gasteiger partial charge in [-0.1, -0.05) is 24.3 Å². The highest BCUT2D eigenvalue weighted by atomic mass is 32.1. The Morgan fingerprint density at radius 3 is 2.77 bits per heavy atom. The number of ether oxygens (including phenoxy) is 2. The van der Waals surface area contributed by atoms with Crippen LogP contribution in [0.3, 0.4) is 0 Å². The van der Waals surface area contributed by atoms with Crippen LogP contribution in [0.1, 0.15) is 16.9 Å². The summed E-state index contributed by atoms with van der Waals surface area (Å²) < 4.78 is 17.5. The van der Waals surface area contributed by atoms with Crippen molar-refractivity contribution in [2.75, 3.05) is 13.7 Å². The van der Waals surface area contributed by atoms with Crippen molar-refractivity contribution < 1.29 is 9.47 Å². The van der Waals surface area contributed by atoms with Gasteiger partial charge < -0.3 is 14.0 Å². The van der Waals surface area contributed by atoms with Gasteiger partial charge in [0, 0.05) is 7.05 Å². The molecule has 7 nitrogen and oxygen atoms in total. The van der Waals surface area contributed by atoms with Crippen LogP contribution in [0.5, 0.6) is 11.5 Å². The number of hydrogen-bond acceptors (Lipinski definition) is 7. The third-order valence-electron chi connectivity index (χ3n) is 4.99. The first-order valence-electron chi connectivity index (χ1n) is 9.63. The molecule has 3 heterocycles. The third-order valence-corrected chi connectivity index (χ3v) is 6.50. The quantitative estimate of drug-likeness (QED) is 0.435. The molecule has 0 saturated carbocycles. The summed E-state index contributed by atoms with van der Waals surface area (Å²) in [5.74, 6) is 2.23. The molecule has 2 aromatic carbocycles. The highest BCUT2D eigenvalue weighted by Gasteiger charge is 2.27. The number of aromatic nitrogens is 4. The molecule has 154 valence electrons. The molecule has 1 aliphatic rings. The summed E-state index contributed by atoms with van der Waals surface area (Å²) in [6.07, 6.45) is -0.303. The van der Waals surface area contributed by atoms with E-state index >= 15 is 0 Å². The summed E-state index contributed by atoms with van der Waals surface area (Å²) in [6, 6.07) is 15.9. The van der Waals surface area contributed by atoms with E-state index in [0.717, 1.165) is 34.4 Å². The molecule has 1 atom stereocenters. The van der Waals surface area contributed by atoms with Crippen LogP contribution in [0.15, 0.2) is 48.5 Å². The molecular weight excluding hydrogens is 418 g/mol. The smallest absolute Gasteiger partial charge is 0.198 e. The highest BCUT2D eigenvalue weighted by molar-refractivity contribution is 7.71. The number of thiazole rings is 1. The summed E-state index contributed by atoms with van der Waals surface area (Å²) in [7, 11) is 3.96. The van der Waals surface area contributed by atoms with E-state index in [1.807, 2.05) is 65.8 Å². The second kappa shape index (κ2) is 7.82. The highest BCUT2D eigenvalue weighted by Crippen LogP contribution is 2.35. The Morgan fingerprint density at radius 1 is 1.17 bits per heavy atom. The summed E-state index contributed by atoms with van der Waals surface area (Å²) in [5, 5.41) is 5.81. The average Bonchev–Trinajstić information content (AvgIpc) is 3.28. The molecule has 0 aliphatic carbocycles. The normalized spacial score (nSPS) is 15.8. The molecule has 0 spiro atoms. The van der Waals surface area contributed by atoms with Crippen molar-refractivity contribution in [3.8, 4) is 11.5 Å². The minimum absolute atomic E-state index is 0.303. The van der Waals surface area contributed by atoms with Crippen LogP contribution in [-0.4, -0.2) is 37.9 Å². The molecule has 30 heavy (non-hydrogen) atoms. The number of para-hydroxylation sites is 3. The zero-order valence-electron chi connectivity index (χ0n) is 16.7. The first-order chi connectivity index (χ1) is 14.6. The lowest BCUT2D eigenvalue weighted by atomic mass is 10.2. The van der Waals surface area contributed by atoms with Crippen LogP contribution >= 0.6 is 23.6 Å². The standard InChI is InChI=1S/C21H21N5O2S2/c1-24(11-19-22-14-7-3-6-10-18(14)30-19)13-26-21(29)25(2)20(23-26)17-12-27-15-8-4-5-9-16(15)28-17/h3-10,17H,11-13H2,1-2H3. The van der Waals surface area contributed by atoms with Crippen molar-refractivity contribution >= 4 is 33.8 Å². The second-order valence-electron chi connectivity index (χ2n) is 7.29. The van der Waals surface area contributed by atoms with Crippen LogP contribution in [0.25, 0.3) is 10.2 Å². The first-order valence-corrected chi connectivity index (χ1v) is 10.9. The van der Waals surface area contributed by atoms with Gasteiger partial charge in [0.05, 0.1) is 23.4 Å². The number of nitrogens with zero attached hydrogens (tertiary/aromatic N) is 5. The van der Waals surface area contributed by atoms with Gasteiger partial charge in [-0.25, -0.2) is 9.67 Å². The topological polar surface area (TPSA) is 57.3 Å². The molecule has 2 aromatic heterocycles. The van der Waals surface area contributed by atoms with Crippen LogP contribution in [0.4, 0.5) is 0 Å². The van der Waals surface area contributed by atoms with E-state index in [2.05, 4.69) is 11.0 Å². The van der Waals surface area contributed by atoms with Crippen molar-refractivity contribution in [2.45, 2.75) is 19.3 Å². The predicted molar refractivity (Wildman–Crippen MR) is 118 cm³/mol. The summed E-state index contributed by atoms with van der Waals surface area (Å²) in [4.78, 5) is 6.86. The van der Waals surface area contributed by atoms with Crippen LogP contribution in [-0.2, 0) is 20.3 Å². The lowest BCUT2D eigenvalue weighted by molar-refractivity contribution is 0.0821. The molecule has 9 heteroatoms. The van der Waals surface area contributed by atoms with E-state index < -0.39 is 0 Å². The van der Waals surface area contributed by atoms with Gasteiger partial charge in [-0.15, -0.1) is 11.3 Å². The molecule has 0 saturated heterocycles. The Kier molecular flexibility index (Phi) is 5.01. The third kappa shape index (κ3) is 3.60. The maximum absolute atomic E-state index is 6.11. The molecule has 0 N–H and O–H groups in total. The van der Waals surface area contributed by atoms with Gasteiger partial charge in [-0.05, 0) is 43.5 Å². The van der Waals surface area contributed by atoms with Gasteiger partial charge in [0.25, 0.3) is 0 Å². The monoisotopic (exact) mass is 439 g/mol. The Hall–Kier alpha value is -2.75. The van der Waals surface area contributed by atoms with Crippen molar-refractivity contribution in [1.82, 2.24) is 24.2 Å². The average molecular weight is 440 g/mol. The lowest BCUT2D eigenvalue weighted by Gasteiger charge is -2.25. The fourth-order valence-electron chi connectivity index (χ4n) is 3.52. The molecule has 1 aliphatic heterocycles. The fourth-order valence-corrected chi connectivity index (χ4v) is 4.76. The minimum atomic E-state index is -0.303. The number of hydrogen-bond donors (Lipinski definition) is 0. The Balaban J connectivity index is 1.32. The van der Waals surface area contributed by atoms with E-state index in [1.54, 1.807) is 11.3 Å². The van der Waals surface area contributed by atoms with Crippen LogP contribution in [0, 0.1) is 4.77 Å². The van der Waals surface area contributed by atoms with Crippen molar-refractivity contribution in [3.63, 3.8) is 0 Å². The van der Waals surface area contributed by atoms with E-state index in [4.69, 9.17) is 31.8 Å². The van der Waals surface area contributed by atoms with Gasteiger partial charge >= 0.3 is 0 Å². The van der Waals surface area contributed by atoms with Gasteiger partial charge in [0.1, 0.15) is 11.6 Å². The predicted octanol–water partition coefficient (Wildman–Crippen LogP) is 4.16. The van der Waals surface area contributed by atoms with E-state index in [9.17, 15) is 0 Å². The zero-order chi connectivity index (χ0) is 20.7. The van der Waals surface area contributed by atoms with Gasteiger partial charge in [-0.3, -0.25) is 4.90 Å². The van der Waals surface area contributed by atoms with E-state index in [0.29, 0.717) is 18.0 Å². The summed E-state index contributed by atoms with van der Waals surface area (Å²) in [5.41, 5.74) is 1.04. The SMILES string of the molecule is CN(Cc1nc2ccccc2s1)Cn1nc(C2COc3ccccc3O2)n(C)c1=S. The second-order valence-corrected chi connectivity index (χ2v) is 8.77. The Morgan fingerprint density at radius 2 is 1.93 bits per heavy atom. The Labute approximate surface area is 183 Å².